The maximum absolute atomic E-state index is 10.1. The Bertz CT molecular complexity index is 141. The van der Waals surface area contributed by atoms with E-state index in [4.69, 9.17) is 22.6 Å². The molecule has 0 spiro atoms. The van der Waals surface area contributed by atoms with Gasteiger partial charge in [0.2, 0.25) is 0 Å². The van der Waals surface area contributed by atoms with Crippen LogP contribution in [0.3, 0.4) is 0 Å². The highest BCUT2D eigenvalue weighted by Gasteiger charge is 2.11. The second kappa shape index (κ2) is 5.37. The number of hydrazone groups is 1. The lowest BCUT2D eigenvalue weighted by molar-refractivity contribution is -0.136. The summed E-state index contributed by atoms with van der Waals surface area (Å²) in [6, 6.07) is 0. The molecule has 0 saturated carbocycles. The third-order valence-electron chi connectivity index (χ3n) is 0.646. The van der Waals surface area contributed by atoms with E-state index in [9.17, 15) is 4.79 Å². The molecule has 0 heterocycles. The molecule has 6 heteroatoms. The van der Waals surface area contributed by atoms with Crippen molar-refractivity contribution in [3.8, 4) is 0 Å². The van der Waals surface area contributed by atoms with E-state index < -0.39 is 11.3 Å². The molecule has 0 aliphatic rings. The van der Waals surface area contributed by atoms with Crippen LogP contribution in [-0.2, 0) is 4.79 Å². The van der Waals surface area contributed by atoms with Crippen LogP contribution < -0.4 is 5.84 Å². The maximum Gasteiger partial charge on any atom is 0.322 e. The Morgan fingerprint density at radius 3 is 3.00 bits per heavy atom. The van der Waals surface area contributed by atoms with Crippen LogP contribution in [0.2, 0.25) is 0 Å². The van der Waals surface area contributed by atoms with Crippen molar-refractivity contribution < 1.29 is 9.90 Å². The van der Waals surface area contributed by atoms with Gasteiger partial charge in [-0.25, -0.2) is 0 Å². The van der Waals surface area contributed by atoms with Crippen LogP contribution in [0.5, 0.6) is 0 Å². The fraction of sp³-hybridized carbons (Fsp3) is 0.500. The molecule has 10 heavy (non-hydrogen) atoms. The van der Waals surface area contributed by atoms with Crippen molar-refractivity contribution in [3.05, 3.63) is 0 Å². The number of nitrogens with zero attached hydrogens (tertiary/aromatic N) is 1. The molecular weight excluding hydrogens is 176 g/mol. The summed E-state index contributed by atoms with van der Waals surface area (Å²) in [7, 11) is 0. The first kappa shape index (κ1) is 9.58. The molecule has 58 valence electrons. The number of nitrogens with two attached hydrogens (primary N) is 1. The molecule has 3 N–H and O–H groups in total. The molecule has 0 amide bonds. The second-order valence-electron chi connectivity index (χ2n) is 1.39. The fourth-order valence-electron chi connectivity index (χ4n) is 0.242. The zero-order valence-corrected chi connectivity index (χ0v) is 6.60. The first-order valence-electron chi connectivity index (χ1n) is 2.38. The molecule has 0 saturated heterocycles. The van der Waals surface area contributed by atoms with Crippen LogP contribution in [0.1, 0.15) is 0 Å². The Hall–Kier alpha value is -0.420. The molecule has 0 rings (SSSR count). The highest BCUT2D eigenvalue weighted by Crippen LogP contribution is 2.04. The van der Waals surface area contributed by atoms with Gasteiger partial charge in [-0.2, -0.15) is 5.10 Å². The average molecular weight is 183 g/mol. The van der Waals surface area contributed by atoms with Gasteiger partial charge in [-0.3, -0.25) is 4.79 Å². The van der Waals surface area contributed by atoms with Crippen LogP contribution in [-0.4, -0.2) is 27.8 Å². The van der Waals surface area contributed by atoms with Gasteiger partial charge in [0.15, 0.2) is 0 Å². The highest BCUT2D eigenvalue weighted by molar-refractivity contribution is 8.12. The zero-order valence-electron chi connectivity index (χ0n) is 5.03. The SMILES string of the molecule is NN=CSCC(Cl)C(=O)O. The van der Waals surface area contributed by atoms with Gasteiger partial charge in [0.25, 0.3) is 0 Å². The molecule has 0 aromatic heterocycles. The summed E-state index contributed by atoms with van der Waals surface area (Å²) >= 11 is 6.49. The van der Waals surface area contributed by atoms with E-state index in [0.29, 0.717) is 0 Å². The molecule has 4 nitrogen and oxygen atoms in total. The number of carbonyl (C=O) groups is 1. The lowest BCUT2D eigenvalue weighted by Crippen LogP contribution is -2.15. The Labute approximate surface area is 67.4 Å². The van der Waals surface area contributed by atoms with E-state index in [0.717, 1.165) is 11.8 Å². The molecule has 0 bridgehead atoms. The number of hydrogen-bond donors (Lipinski definition) is 2. The summed E-state index contributed by atoms with van der Waals surface area (Å²) in [4.78, 5) is 10.1. The van der Waals surface area contributed by atoms with Crippen molar-refractivity contribution in [2.45, 2.75) is 5.38 Å². The van der Waals surface area contributed by atoms with Gasteiger partial charge in [0.05, 0.1) is 5.55 Å². The summed E-state index contributed by atoms with van der Waals surface area (Å²) < 4.78 is 0. The van der Waals surface area contributed by atoms with Gasteiger partial charge < -0.3 is 10.9 Å². The number of carboxylic acids is 1. The first-order valence-corrected chi connectivity index (χ1v) is 3.87. The topological polar surface area (TPSA) is 75.7 Å². The highest BCUT2D eigenvalue weighted by atomic mass is 35.5. The average Bonchev–Trinajstić information content (AvgIpc) is 1.88. The van der Waals surface area contributed by atoms with Crippen LogP contribution in [0, 0.1) is 0 Å². The Morgan fingerprint density at radius 2 is 2.60 bits per heavy atom. The lowest BCUT2D eigenvalue weighted by Gasteiger charge is -1.97. The van der Waals surface area contributed by atoms with Crippen molar-refractivity contribution in [1.29, 1.82) is 0 Å². The minimum atomic E-state index is -1.03. The van der Waals surface area contributed by atoms with E-state index in [1.807, 2.05) is 0 Å². The molecular formula is C4H7ClN2O2S. The molecule has 0 radical (unpaired) electrons. The molecule has 0 aromatic carbocycles. The zero-order chi connectivity index (χ0) is 7.98. The van der Waals surface area contributed by atoms with E-state index >= 15 is 0 Å². The molecule has 0 aromatic rings. The third-order valence-corrected chi connectivity index (χ3v) is 1.97. The van der Waals surface area contributed by atoms with Crippen LogP contribution in [0.15, 0.2) is 5.10 Å². The smallest absolute Gasteiger partial charge is 0.322 e. The molecule has 0 aliphatic heterocycles. The number of hydrogen-bond acceptors (Lipinski definition) is 4. The van der Waals surface area contributed by atoms with Gasteiger partial charge in [0, 0.05) is 5.75 Å². The normalized spacial score (nSPS) is 13.7. The quantitative estimate of drug-likeness (QED) is 0.216. The molecule has 0 fully saturated rings. The fourth-order valence-corrected chi connectivity index (χ4v) is 0.944. The number of halogens is 1. The second-order valence-corrected chi connectivity index (χ2v) is 2.80. The monoisotopic (exact) mass is 182 g/mol. The minimum absolute atomic E-state index is 0.275. The predicted molar refractivity (Wildman–Crippen MR) is 42.4 cm³/mol. The molecule has 0 aliphatic carbocycles. The minimum Gasteiger partial charge on any atom is -0.480 e. The number of thioether (sulfide) groups is 1. The molecule has 1 unspecified atom stereocenters. The largest absolute Gasteiger partial charge is 0.480 e. The first-order chi connectivity index (χ1) is 4.68. The van der Waals surface area contributed by atoms with E-state index in [1.165, 1.54) is 5.55 Å². The van der Waals surface area contributed by atoms with E-state index in [1.54, 1.807) is 0 Å². The third kappa shape index (κ3) is 4.46. The van der Waals surface area contributed by atoms with Gasteiger partial charge in [-0.15, -0.1) is 23.4 Å². The van der Waals surface area contributed by atoms with E-state index in [2.05, 4.69) is 5.10 Å². The Morgan fingerprint density at radius 1 is 2.00 bits per heavy atom. The Kier molecular flexibility index (Phi) is 5.15. The van der Waals surface area contributed by atoms with Crippen LogP contribution in [0.4, 0.5) is 0 Å². The van der Waals surface area contributed by atoms with E-state index in [-0.39, 0.29) is 5.75 Å². The van der Waals surface area contributed by atoms with Crippen molar-refractivity contribution in [3.63, 3.8) is 0 Å². The lowest BCUT2D eigenvalue weighted by atomic mass is 10.5. The van der Waals surface area contributed by atoms with Gasteiger partial charge in [-0.1, -0.05) is 0 Å². The van der Waals surface area contributed by atoms with Crippen molar-refractivity contribution in [2.24, 2.45) is 10.9 Å². The van der Waals surface area contributed by atoms with Gasteiger partial charge >= 0.3 is 5.97 Å². The van der Waals surface area contributed by atoms with Crippen LogP contribution >= 0.6 is 23.4 Å². The van der Waals surface area contributed by atoms with Crippen molar-refractivity contribution >= 4 is 34.9 Å². The summed E-state index contributed by atoms with van der Waals surface area (Å²) in [5.74, 6) is 4.00. The summed E-state index contributed by atoms with van der Waals surface area (Å²) in [6.45, 7) is 0. The number of alkyl halides is 1. The Balaban J connectivity index is 3.39. The maximum atomic E-state index is 10.1. The van der Waals surface area contributed by atoms with Crippen molar-refractivity contribution in [1.82, 2.24) is 0 Å². The predicted octanol–water partition coefficient (Wildman–Crippen LogP) is 0.314. The van der Waals surface area contributed by atoms with Gasteiger partial charge in [-0.05, 0) is 0 Å². The van der Waals surface area contributed by atoms with Crippen LogP contribution in [0.25, 0.3) is 0 Å². The van der Waals surface area contributed by atoms with Gasteiger partial charge in [0.1, 0.15) is 5.38 Å². The number of carboxylic acid groups (broad SMARTS) is 1. The van der Waals surface area contributed by atoms with Crippen molar-refractivity contribution in [2.75, 3.05) is 5.75 Å². The standard InChI is InChI=1S/C4H7ClN2O2S/c5-3(4(8)9)1-10-2-7-6/h2-3H,1,6H2,(H,8,9). The number of rotatable bonds is 4. The molecule has 1 atom stereocenters. The summed E-state index contributed by atoms with van der Waals surface area (Å²) in [6.07, 6.45) is 0. The number of aliphatic carboxylic acids is 1. The summed E-state index contributed by atoms with van der Waals surface area (Å²) in [5.41, 5.74) is 1.35. The summed E-state index contributed by atoms with van der Waals surface area (Å²) in [5, 5.41) is 10.5.